The van der Waals surface area contributed by atoms with E-state index in [0.29, 0.717) is 26.1 Å². The molecule has 0 aromatic heterocycles. The SMILES string of the molecule is O=C(NC1CCOc2ccc(Br)cc21)C1CCN(C(=O)CCc2ccccc2)CC1. The van der Waals surface area contributed by atoms with E-state index in [2.05, 4.69) is 33.4 Å². The number of benzene rings is 2. The number of halogens is 1. The van der Waals surface area contributed by atoms with Crippen molar-refractivity contribution in [3.05, 3.63) is 64.1 Å². The van der Waals surface area contributed by atoms with Crippen LogP contribution in [0.25, 0.3) is 0 Å². The molecule has 0 bridgehead atoms. The Morgan fingerprint density at radius 3 is 2.60 bits per heavy atom. The lowest BCUT2D eigenvalue weighted by Gasteiger charge is -2.33. The molecule has 2 aromatic carbocycles. The third-order valence-electron chi connectivity index (χ3n) is 6.02. The maximum Gasteiger partial charge on any atom is 0.223 e. The monoisotopic (exact) mass is 470 g/mol. The summed E-state index contributed by atoms with van der Waals surface area (Å²) in [6, 6.07) is 16.0. The Balaban J connectivity index is 1.27. The lowest BCUT2D eigenvalue weighted by molar-refractivity contribution is -0.135. The van der Waals surface area contributed by atoms with Gasteiger partial charge in [0.15, 0.2) is 0 Å². The molecule has 1 unspecified atom stereocenters. The van der Waals surface area contributed by atoms with Crippen LogP contribution in [0.4, 0.5) is 0 Å². The molecule has 2 aliphatic rings. The van der Waals surface area contributed by atoms with E-state index in [-0.39, 0.29) is 23.8 Å². The zero-order valence-corrected chi connectivity index (χ0v) is 18.6. The second kappa shape index (κ2) is 9.65. The van der Waals surface area contributed by atoms with Crippen molar-refractivity contribution in [3.8, 4) is 5.75 Å². The molecule has 1 fully saturated rings. The molecule has 2 aliphatic heterocycles. The van der Waals surface area contributed by atoms with Gasteiger partial charge < -0.3 is 15.0 Å². The Morgan fingerprint density at radius 1 is 1.07 bits per heavy atom. The molecule has 1 saturated heterocycles. The molecule has 158 valence electrons. The smallest absolute Gasteiger partial charge is 0.223 e. The fourth-order valence-electron chi connectivity index (χ4n) is 4.25. The van der Waals surface area contributed by atoms with E-state index in [1.807, 2.05) is 41.3 Å². The number of nitrogens with one attached hydrogen (secondary N) is 1. The lowest BCUT2D eigenvalue weighted by atomic mass is 9.93. The minimum absolute atomic E-state index is 0.0238. The van der Waals surface area contributed by atoms with E-state index in [0.717, 1.165) is 41.5 Å². The second-order valence-electron chi connectivity index (χ2n) is 8.02. The minimum Gasteiger partial charge on any atom is -0.493 e. The molecule has 6 heteroatoms. The summed E-state index contributed by atoms with van der Waals surface area (Å²) < 4.78 is 6.69. The molecule has 0 spiro atoms. The van der Waals surface area contributed by atoms with Gasteiger partial charge in [-0.05, 0) is 43.0 Å². The summed E-state index contributed by atoms with van der Waals surface area (Å²) in [5.41, 5.74) is 2.21. The Kier molecular flexibility index (Phi) is 6.72. The summed E-state index contributed by atoms with van der Waals surface area (Å²) in [6.07, 6.45) is 3.49. The van der Waals surface area contributed by atoms with Crippen LogP contribution in [0.1, 0.15) is 42.9 Å². The van der Waals surface area contributed by atoms with Crippen molar-refractivity contribution in [2.45, 2.75) is 38.1 Å². The first-order valence-corrected chi connectivity index (χ1v) is 11.4. The van der Waals surface area contributed by atoms with Gasteiger partial charge >= 0.3 is 0 Å². The quantitative estimate of drug-likeness (QED) is 0.709. The number of carbonyl (C=O) groups excluding carboxylic acids is 2. The van der Waals surface area contributed by atoms with Crippen LogP contribution in [-0.2, 0) is 16.0 Å². The highest BCUT2D eigenvalue weighted by atomic mass is 79.9. The molecule has 1 atom stereocenters. The summed E-state index contributed by atoms with van der Waals surface area (Å²) >= 11 is 3.50. The maximum absolute atomic E-state index is 12.9. The summed E-state index contributed by atoms with van der Waals surface area (Å²) in [4.78, 5) is 27.3. The van der Waals surface area contributed by atoms with Crippen LogP contribution in [0.2, 0.25) is 0 Å². The number of hydrogen-bond acceptors (Lipinski definition) is 3. The van der Waals surface area contributed by atoms with E-state index < -0.39 is 0 Å². The number of ether oxygens (including phenoxy) is 1. The van der Waals surface area contributed by atoms with Crippen molar-refractivity contribution in [1.29, 1.82) is 0 Å². The van der Waals surface area contributed by atoms with E-state index >= 15 is 0 Å². The molecule has 1 N–H and O–H groups in total. The number of carbonyl (C=O) groups is 2. The van der Waals surface area contributed by atoms with Crippen molar-refractivity contribution < 1.29 is 14.3 Å². The lowest BCUT2D eigenvalue weighted by Crippen LogP contribution is -2.44. The Hall–Kier alpha value is -2.34. The standard InChI is InChI=1S/C24H27BrN2O3/c25-19-7-8-22-20(16-19)21(12-15-30-22)26-24(29)18-10-13-27(14-11-18)23(28)9-6-17-4-2-1-3-5-17/h1-5,7-8,16,18,21H,6,9-15H2,(H,26,29). The molecule has 2 amide bonds. The third kappa shape index (κ3) is 5.04. The fourth-order valence-corrected chi connectivity index (χ4v) is 4.63. The Labute approximate surface area is 185 Å². The number of likely N-dealkylation sites (tertiary alicyclic amines) is 1. The molecular weight excluding hydrogens is 444 g/mol. The van der Waals surface area contributed by atoms with Crippen LogP contribution >= 0.6 is 15.9 Å². The highest BCUT2D eigenvalue weighted by Crippen LogP contribution is 2.34. The zero-order valence-electron chi connectivity index (χ0n) is 17.0. The number of fused-ring (bicyclic) bond motifs is 1. The molecule has 0 radical (unpaired) electrons. The van der Waals surface area contributed by atoms with Crippen LogP contribution < -0.4 is 10.1 Å². The molecule has 5 nitrogen and oxygen atoms in total. The van der Waals surface area contributed by atoms with Gasteiger partial charge in [-0.2, -0.15) is 0 Å². The highest BCUT2D eigenvalue weighted by Gasteiger charge is 2.30. The number of piperidine rings is 1. The predicted octanol–water partition coefficient (Wildman–Crippen LogP) is 4.26. The van der Waals surface area contributed by atoms with Crippen LogP contribution in [-0.4, -0.2) is 36.4 Å². The van der Waals surface area contributed by atoms with E-state index in [1.54, 1.807) is 0 Å². The zero-order chi connectivity index (χ0) is 20.9. The first-order chi connectivity index (χ1) is 14.6. The van der Waals surface area contributed by atoms with Gasteiger partial charge in [-0.15, -0.1) is 0 Å². The van der Waals surface area contributed by atoms with Crippen molar-refractivity contribution in [2.24, 2.45) is 5.92 Å². The van der Waals surface area contributed by atoms with Gasteiger partial charge in [0.25, 0.3) is 0 Å². The summed E-state index contributed by atoms with van der Waals surface area (Å²) in [5, 5.41) is 3.22. The van der Waals surface area contributed by atoms with Gasteiger partial charge in [0.1, 0.15) is 5.75 Å². The van der Waals surface area contributed by atoms with Gasteiger partial charge in [-0.1, -0.05) is 46.3 Å². The summed E-state index contributed by atoms with van der Waals surface area (Å²) in [6.45, 7) is 1.91. The largest absolute Gasteiger partial charge is 0.493 e. The number of rotatable bonds is 5. The third-order valence-corrected chi connectivity index (χ3v) is 6.51. The minimum atomic E-state index is -0.0402. The van der Waals surface area contributed by atoms with Crippen LogP contribution in [0, 0.1) is 5.92 Å². The molecular formula is C24H27BrN2O3. The summed E-state index contributed by atoms with van der Waals surface area (Å²) in [5.74, 6) is 1.07. The van der Waals surface area contributed by atoms with Gasteiger partial charge in [0, 0.05) is 41.9 Å². The number of nitrogens with zero attached hydrogens (tertiary/aromatic N) is 1. The van der Waals surface area contributed by atoms with Gasteiger partial charge in [0.05, 0.1) is 12.6 Å². The van der Waals surface area contributed by atoms with Crippen LogP contribution in [0.3, 0.4) is 0 Å². The number of amides is 2. The average molecular weight is 471 g/mol. The number of hydrogen-bond donors (Lipinski definition) is 1. The molecule has 4 rings (SSSR count). The Morgan fingerprint density at radius 2 is 1.83 bits per heavy atom. The Bertz CT molecular complexity index is 895. The number of aryl methyl sites for hydroxylation is 1. The van der Waals surface area contributed by atoms with Crippen molar-refractivity contribution >= 4 is 27.7 Å². The molecule has 2 heterocycles. The first-order valence-electron chi connectivity index (χ1n) is 10.6. The topological polar surface area (TPSA) is 58.6 Å². The maximum atomic E-state index is 12.9. The summed E-state index contributed by atoms with van der Waals surface area (Å²) in [7, 11) is 0. The average Bonchev–Trinajstić information content (AvgIpc) is 2.78. The van der Waals surface area contributed by atoms with Gasteiger partial charge in [0.2, 0.25) is 11.8 Å². The van der Waals surface area contributed by atoms with Crippen molar-refractivity contribution in [2.75, 3.05) is 19.7 Å². The van der Waals surface area contributed by atoms with Crippen LogP contribution in [0.15, 0.2) is 53.0 Å². The fraction of sp³-hybridized carbons (Fsp3) is 0.417. The second-order valence-corrected chi connectivity index (χ2v) is 8.94. The van der Waals surface area contributed by atoms with E-state index in [9.17, 15) is 9.59 Å². The molecule has 0 saturated carbocycles. The van der Waals surface area contributed by atoms with E-state index in [1.165, 1.54) is 5.56 Å². The van der Waals surface area contributed by atoms with Crippen LogP contribution in [0.5, 0.6) is 5.75 Å². The molecule has 0 aliphatic carbocycles. The molecule has 30 heavy (non-hydrogen) atoms. The van der Waals surface area contributed by atoms with Crippen molar-refractivity contribution in [1.82, 2.24) is 10.2 Å². The predicted molar refractivity (Wildman–Crippen MR) is 119 cm³/mol. The van der Waals surface area contributed by atoms with Crippen molar-refractivity contribution in [3.63, 3.8) is 0 Å². The first kappa shape index (κ1) is 20.9. The molecule has 2 aromatic rings. The highest BCUT2D eigenvalue weighted by molar-refractivity contribution is 9.10. The normalized spacial score (nSPS) is 19.0. The van der Waals surface area contributed by atoms with Gasteiger partial charge in [-0.3, -0.25) is 9.59 Å². The van der Waals surface area contributed by atoms with E-state index in [4.69, 9.17) is 4.74 Å². The van der Waals surface area contributed by atoms with Gasteiger partial charge in [-0.25, -0.2) is 0 Å².